The van der Waals surface area contributed by atoms with E-state index in [1.807, 2.05) is 48.5 Å². The molecule has 2 aromatic carbocycles. The number of nitrogens with one attached hydrogen (secondary N) is 1. The Bertz CT molecular complexity index is 1470. The standard InChI is InChI=1S/C28H27N5O4/c1-19(2)20-11-13-21(14-12-20)33(26(34)18-32-24-9-4-3-8-23(24)30-31-32)27(25-10-6-16-37-25)28(35)29-17-22-7-5-15-36-22/h3-16,19,27H,17-18H2,1-2H3,(H,29,35). The smallest absolute Gasteiger partial charge is 0.251 e. The Hall–Kier alpha value is -4.66. The molecule has 0 bridgehead atoms. The van der Waals surface area contributed by atoms with Gasteiger partial charge in [-0.05, 0) is 60.0 Å². The van der Waals surface area contributed by atoms with Crippen molar-refractivity contribution in [1.29, 1.82) is 0 Å². The van der Waals surface area contributed by atoms with E-state index in [1.54, 1.807) is 30.5 Å². The summed E-state index contributed by atoms with van der Waals surface area (Å²) < 4.78 is 12.6. The van der Waals surface area contributed by atoms with Crippen LogP contribution in [0.2, 0.25) is 0 Å². The molecule has 9 heteroatoms. The second kappa shape index (κ2) is 10.5. The highest BCUT2D eigenvalue weighted by molar-refractivity contribution is 6.01. The number of fused-ring (bicyclic) bond motifs is 1. The Morgan fingerprint density at radius 1 is 0.946 bits per heavy atom. The first-order chi connectivity index (χ1) is 18.0. The molecule has 0 aliphatic carbocycles. The van der Waals surface area contributed by atoms with Crippen molar-refractivity contribution < 1.29 is 18.4 Å². The fourth-order valence-corrected chi connectivity index (χ4v) is 4.20. The van der Waals surface area contributed by atoms with Crippen LogP contribution in [-0.4, -0.2) is 26.8 Å². The van der Waals surface area contributed by atoms with Gasteiger partial charge in [0.25, 0.3) is 5.91 Å². The lowest BCUT2D eigenvalue weighted by molar-refractivity contribution is -0.127. The van der Waals surface area contributed by atoms with Crippen LogP contribution in [0.25, 0.3) is 11.0 Å². The maximum Gasteiger partial charge on any atom is 0.251 e. The van der Waals surface area contributed by atoms with E-state index < -0.39 is 11.9 Å². The second-order valence-corrected chi connectivity index (χ2v) is 8.96. The number of furan rings is 2. The minimum absolute atomic E-state index is 0.116. The first-order valence-corrected chi connectivity index (χ1v) is 12.0. The molecule has 1 atom stereocenters. The van der Waals surface area contributed by atoms with E-state index in [1.165, 1.54) is 15.8 Å². The van der Waals surface area contributed by atoms with E-state index in [-0.39, 0.29) is 19.0 Å². The van der Waals surface area contributed by atoms with Gasteiger partial charge in [-0.1, -0.05) is 43.3 Å². The summed E-state index contributed by atoms with van der Waals surface area (Å²) in [6, 6.07) is 20.9. The van der Waals surface area contributed by atoms with Crippen LogP contribution in [-0.2, 0) is 22.7 Å². The van der Waals surface area contributed by atoms with Gasteiger partial charge >= 0.3 is 0 Å². The Morgan fingerprint density at radius 2 is 1.70 bits per heavy atom. The largest absolute Gasteiger partial charge is 0.467 e. The second-order valence-electron chi connectivity index (χ2n) is 8.96. The number of benzene rings is 2. The molecule has 9 nitrogen and oxygen atoms in total. The zero-order valence-electron chi connectivity index (χ0n) is 20.6. The quantitative estimate of drug-likeness (QED) is 0.313. The van der Waals surface area contributed by atoms with E-state index in [9.17, 15) is 9.59 Å². The summed E-state index contributed by atoms with van der Waals surface area (Å²) in [5.41, 5.74) is 3.09. The van der Waals surface area contributed by atoms with Gasteiger partial charge in [0.15, 0.2) is 6.04 Å². The van der Waals surface area contributed by atoms with Crippen molar-refractivity contribution >= 4 is 28.5 Å². The van der Waals surface area contributed by atoms with Gasteiger partial charge in [-0.2, -0.15) is 0 Å². The van der Waals surface area contributed by atoms with E-state index in [0.29, 0.717) is 28.6 Å². The average molecular weight is 498 g/mol. The maximum atomic E-state index is 13.9. The lowest BCUT2D eigenvalue weighted by Crippen LogP contribution is -2.45. The van der Waals surface area contributed by atoms with Crippen molar-refractivity contribution in [3.63, 3.8) is 0 Å². The monoisotopic (exact) mass is 497 g/mol. The lowest BCUT2D eigenvalue weighted by Gasteiger charge is -2.30. The van der Waals surface area contributed by atoms with Crippen LogP contribution >= 0.6 is 0 Å². The highest BCUT2D eigenvalue weighted by Gasteiger charge is 2.35. The number of carbonyl (C=O) groups is 2. The minimum Gasteiger partial charge on any atom is -0.467 e. The molecule has 0 radical (unpaired) electrons. The van der Waals surface area contributed by atoms with Crippen LogP contribution in [0.15, 0.2) is 94.2 Å². The first kappa shape index (κ1) is 24.1. The van der Waals surface area contributed by atoms with Crippen LogP contribution in [0.3, 0.4) is 0 Å². The highest BCUT2D eigenvalue weighted by Crippen LogP contribution is 2.30. The number of rotatable bonds is 9. The molecule has 3 aromatic heterocycles. The number of hydrogen-bond acceptors (Lipinski definition) is 6. The van der Waals surface area contributed by atoms with Gasteiger partial charge in [0, 0.05) is 5.69 Å². The summed E-state index contributed by atoms with van der Waals surface area (Å²) in [7, 11) is 0. The van der Waals surface area contributed by atoms with Crippen LogP contribution in [0.5, 0.6) is 0 Å². The number of para-hydroxylation sites is 1. The number of amides is 2. The van der Waals surface area contributed by atoms with Crippen LogP contribution in [0.4, 0.5) is 5.69 Å². The minimum atomic E-state index is -1.06. The molecule has 0 fully saturated rings. The zero-order chi connectivity index (χ0) is 25.8. The molecule has 188 valence electrons. The molecule has 1 unspecified atom stereocenters. The molecular formula is C28H27N5O4. The summed E-state index contributed by atoms with van der Waals surface area (Å²) in [6.45, 7) is 4.25. The Balaban J connectivity index is 1.53. The van der Waals surface area contributed by atoms with Gasteiger partial charge in [0.2, 0.25) is 5.91 Å². The van der Waals surface area contributed by atoms with Gasteiger partial charge in [-0.15, -0.1) is 5.10 Å². The van der Waals surface area contributed by atoms with Crippen molar-refractivity contribution in [3.8, 4) is 0 Å². The van der Waals surface area contributed by atoms with E-state index in [0.717, 1.165) is 11.1 Å². The molecule has 5 rings (SSSR count). The molecule has 0 aliphatic rings. The van der Waals surface area contributed by atoms with Crippen LogP contribution in [0, 0.1) is 0 Å². The number of aromatic nitrogens is 3. The predicted octanol–water partition coefficient (Wildman–Crippen LogP) is 4.83. The SMILES string of the molecule is CC(C)c1ccc(N(C(=O)Cn2nnc3ccccc32)C(C(=O)NCc2ccco2)c2ccco2)cc1. The molecule has 2 amide bonds. The summed E-state index contributed by atoms with van der Waals surface area (Å²) >= 11 is 0. The van der Waals surface area contributed by atoms with E-state index in [4.69, 9.17) is 8.83 Å². The Morgan fingerprint density at radius 3 is 2.41 bits per heavy atom. The summed E-state index contributed by atoms with van der Waals surface area (Å²) in [5.74, 6) is 0.497. The van der Waals surface area contributed by atoms with Gasteiger partial charge in [-0.3, -0.25) is 14.5 Å². The number of hydrogen-bond donors (Lipinski definition) is 1. The van der Waals surface area contributed by atoms with E-state index in [2.05, 4.69) is 29.5 Å². The van der Waals surface area contributed by atoms with E-state index >= 15 is 0 Å². The molecule has 0 spiro atoms. The third-order valence-corrected chi connectivity index (χ3v) is 6.15. The maximum absolute atomic E-state index is 13.9. The number of anilines is 1. The van der Waals surface area contributed by atoms with Crippen molar-refractivity contribution in [3.05, 3.63) is 102 Å². The molecule has 0 aliphatic heterocycles. The molecule has 0 saturated heterocycles. The van der Waals surface area contributed by atoms with Gasteiger partial charge < -0.3 is 14.2 Å². The Kier molecular flexibility index (Phi) is 6.85. The van der Waals surface area contributed by atoms with Crippen molar-refractivity contribution in [2.24, 2.45) is 0 Å². The highest BCUT2D eigenvalue weighted by atomic mass is 16.3. The van der Waals surface area contributed by atoms with Crippen molar-refractivity contribution in [1.82, 2.24) is 20.3 Å². The number of carbonyl (C=O) groups excluding carboxylic acids is 2. The lowest BCUT2D eigenvalue weighted by atomic mass is 10.0. The molecule has 1 N–H and O–H groups in total. The first-order valence-electron chi connectivity index (χ1n) is 12.0. The Labute approximate surface area is 213 Å². The molecular weight excluding hydrogens is 470 g/mol. The van der Waals surface area contributed by atoms with Crippen molar-refractivity contribution in [2.45, 2.75) is 38.9 Å². The molecule has 37 heavy (non-hydrogen) atoms. The zero-order valence-corrected chi connectivity index (χ0v) is 20.6. The van der Waals surface area contributed by atoms with Crippen molar-refractivity contribution in [2.75, 3.05) is 4.90 Å². The summed E-state index contributed by atoms with van der Waals surface area (Å²) in [5, 5.41) is 11.2. The average Bonchev–Trinajstić information content (AvgIpc) is 3.69. The third-order valence-electron chi connectivity index (χ3n) is 6.15. The topological polar surface area (TPSA) is 106 Å². The summed E-state index contributed by atoms with van der Waals surface area (Å²) in [6.07, 6.45) is 3.03. The van der Waals surface area contributed by atoms with Crippen LogP contribution in [0.1, 0.15) is 42.9 Å². The molecule has 0 saturated carbocycles. The predicted molar refractivity (Wildman–Crippen MR) is 138 cm³/mol. The normalized spacial score (nSPS) is 12.1. The fraction of sp³-hybridized carbons (Fsp3) is 0.214. The summed E-state index contributed by atoms with van der Waals surface area (Å²) in [4.78, 5) is 29.0. The third kappa shape index (κ3) is 5.16. The van der Waals surface area contributed by atoms with Gasteiger partial charge in [0.05, 0.1) is 24.6 Å². The van der Waals surface area contributed by atoms with Crippen LogP contribution < -0.4 is 10.2 Å². The van der Waals surface area contributed by atoms with Gasteiger partial charge in [0.1, 0.15) is 23.6 Å². The van der Waals surface area contributed by atoms with Gasteiger partial charge in [-0.25, -0.2) is 4.68 Å². The molecule has 5 aromatic rings. The molecule has 3 heterocycles. The number of nitrogens with zero attached hydrogens (tertiary/aromatic N) is 4. The fourth-order valence-electron chi connectivity index (χ4n) is 4.20.